The third kappa shape index (κ3) is 3.65. The minimum Gasteiger partial charge on any atom is -0.455 e. The summed E-state index contributed by atoms with van der Waals surface area (Å²) in [6, 6.07) is 0. The van der Waals surface area contributed by atoms with Crippen LogP contribution in [0.2, 0.25) is 0 Å². The summed E-state index contributed by atoms with van der Waals surface area (Å²) in [6.45, 7) is 7.10. The molecule has 172 valence electrons. The Bertz CT molecular complexity index is 641. The van der Waals surface area contributed by atoms with Crippen LogP contribution < -0.4 is 0 Å². The van der Waals surface area contributed by atoms with Crippen molar-refractivity contribution in [1.29, 1.82) is 0 Å². The molecule has 30 heavy (non-hydrogen) atoms. The number of esters is 1. The number of aliphatic hydroxyl groups excluding tert-OH is 2. The predicted molar refractivity (Wildman–Crippen MR) is 121 cm³/mol. The second kappa shape index (κ2) is 8.59. The van der Waals surface area contributed by atoms with Gasteiger partial charge in [-0.1, -0.05) is 20.8 Å². The molecular formula is C25H42O4S. The lowest BCUT2D eigenvalue weighted by Gasteiger charge is -2.62. The Morgan fingerprint density at radius 2 is 1.87 bits per heavy atom. The van der Waals surface area contributed by atoms with Crippen molar-refractivity contribution in [2.24, 2.45) is 46.3 Å². The Morgan fingerprint density at radius 1 is 1.10 bits per heavy atom. The Labute approximate surface area is 187 Å². The monoisotopic (exact) mass is 438 g/mol. The first kappa shape index (κ1) is 22.9. The van der Waals surface area contributed by atoms with Crippen LogP contribution in [0.25, 0.3) is 0 Å². The van der Waals surface area contributed by atoms with E-state index in [1.165, 1.54) is 25.7 Å². The molecule has 0 spiro atoms. The summed E-state index contributed by atoms with van der Waals surface area (Å²) in [5, 5.41) is 21.8. The molecule has 0 aliphatic heterocycles. The quantitative estimate of drug-likeness (QED) is 0.327. The molecule has 10 unspecified atom stereocenters. The predicted octanol–water partition coefficient (Wildman–Crippen LogP) is 4.82. The first-order chi connectivity index (χ1) is 14.2. The van der Waals surface area contributed by atoms with Gasteiger partial charge in [0.15, 0.2) is 0 Å². The minimum absolute atomic E-state index is 0.0363. The zero-order valence-electron chi connectivity index (χ0n) is 19.1. The van der Waals surface area contributed by atoms with Crippen molar-refractivity contribution in [3.63, 3.8) is 0 Å². The van der Waals surface area contributed by atoms with E-state index in [1.807, 2.05) is 0 Å². The van der Waals surface area contributed by atoms with Gasteiger partial charge in [-0.3, -0.25) is 4.79 Å². The van der Waals surface area contributed by atoms with Gasteiger partial charge in [-0.05, 0) is 104 Å². The summed E-state index contributed by atoms with van der Waals surface area (Å²) in [5.41, 5.74) is 0.246. The zero-order valence-corrected chi connectivity index (χ0v) is 19.9. The SMILES string of the molecule is CC(CCC(=O)OCS)C1CCC2C3CCC4CC(O)CCC4(C)C3CC(O)C12C. The van der Waals surface area contributed by atoms with Crippen molar-refractivity contribution >= 4 is 18.6 Å². The second-order valence-electron chi connectivity index (χ2n) is 11.5. The highest BCUT2D eigenvalue weighted by atomic mass is 32.1. The van der Waals surface area contributed by atoms with E-state index in [1.54, 1.807) is 0 Å². The van der Waals surface area contributed by atoms with E-state index in [0.717, 1.165) is 32.1 Å². The van der Waals surface area contributed by atoms with E-state index in [-0.39, 0.29) is 34.9 Å². The lowest BCUT2D eigenvalue weighted by molar-refractivity contribution is -0.175. The standard InChI is InChI=1S/C25H42O4S/c1-15(4-9-23(28)29-14-30)19-7-8-20-18-6-5-16-12-17(26)10-11-24(16,2)21(18)13-22(27)25(19,20)3/h15-22,26-27,30H,4-14H2,1-3H3. The number of ether oxygens (including phenoxy) is 1. The second-order valence-corrected chi connectivity index (χ2v) is 11.8. The lowest BCUT2D eigenvalue weighted by Crippen LogP contribution is -2.58. The molecule has 0 aromatic carbocycles. The highest BCUT2D eigenvalue weighted by molar-refractivity contribution is 7.80. The van der Waals surface area contributed by atoms with E-state index in [4.69, 9.17) is 4.74 Å². The normalized spacial score (nSPS) is 48.9. The van der Waals surface area contributed by atoms with E-state index < -0.39 is 0 Å². The summed E-state index contributed by atoms with van der Waals surface area (Å²) in [7, 11) is 0. The maximum atomic E-state index is 11.8. The maximum absolute atomic E-state index is 11.8. The number of hydrogen-bond acceptors (Lipinski definition) is 5. The summed E-state index contributed by atoms with van der Waals surface area (Å²) in [4.78, 5) is 11.8. The highest BCUT2D eigenvalue weighted by Crippen LogP contribution is 2.68. The first-order valence-electron chi connectivity index (χ1n) is 12.3. The molecule has 2 N–H and O–H groups in total. The van der Waals surface area contributed by atoms with E-state index in [0.29, 0.717) is 41.9 Å². The number of carbonyl (C=O) groups excluding carboxylic acids is 1. The van der Waals surface area contributed by atoms with Crippen molar-refractivity contribution in [2.75, 3.05) is 5.94 Å². The van der Waals surface area contributed by atoms with Crippen LogP contribution in [0, 0.1) is 46.3 Å². The highest BCUT2D eigenvalue weighted by Gasteiger charge is 2.63. The van der Waals surface area contributed by atoms with Crippen LogP contribution >= 0.6 is 12.6 Å². The van der Waals surface area contributed by atoms with Crippen molar-refractivity contribution in [2.45, 2.75) is 97.2 Å². The van der Waals surface area contributed by atoms with Gasteiger partial charge in [0.2, 0.25) is 0 Å². The Morgan fingerprint density at radius 3 is 2.60 bits per heavy atom. The third-order valence-electron chi connectivity index (χ3n) is 10.5. The van der Waals surface area contributed by atoms with Gasteiger partial charge in [0.25, 0.3) is 0 Å². The Balaban J connectivity index is 1.50. The number of thiol groups is 1. The van der Waals surface area contributed by atoms with Crippen LogP contribution in [0.1, 0.15) is 85.0 Å². The van der Waals surface area contributed by atoms with E-state index in [9.17, 15) is 15.0 Å². The van der Waals surface area contributed by atoms with Gasteiger partial charge in [-0.15, -0.1) is 12.6 Å². The average Bonchev–Trinajstić information content (AvgIpc) is 3.07. The summed E-state index contributed by atoms with van der Waals surface area (Å²) < 4.78 is 5.01. The molecule has 4 nitrogen and oxygen atoms in total. The average molecular weight is 439 g/mol. The molecule has 10 atom stereocenters. The number of fused-ring (bicyclic) bond motifs is 5. The Hall–Kier alpha value is -0.260. The molecule has 4 aliphatic rings. The molecule has 0 aromatic heterocycles. The fraction of sp³-hybridized carbons (Fsp3) is 0.960. The molecule has 0 bridgehead atoms. The molecule has 0 aromatic rings. The summed E-state index contributed by atoms with van der Waals surface area (Å²) in [6.07, 6.45) is 9.71. The number of rotatable bonds is 5. The van der Waals surface area contributed by atoms with Crippen LogP contribution in [-0.2, 0) is 9.53 Å². The molecule has 0 radical (unpaired) electrons. The van der Waals surface area contributed by atoms with E-state index in [2.05, 4.69) is 33.4 Å². The maximum Gasteiger partial charge on any atom is 0.306 e. The van der Waals surface area contributed by atoms with Crippen molar-refractivity contribution in [1.82, 2.24) is 0 Å². The molecule has 0 amide bonds. The fourth-order valence-electron chi connectivity index (χ4n) is 8.85. The van der Waals surface area contributed by atoms with Crippen molar-refractivity contribution in [3.8, 4) is 0 Å². The van der Waals surface area contributed by atoms with Gasteiger partial charge >= 0.3 is 5.97 Å². The van der Waals surface area contributed by atoms with Crippen LogP contribution in [0.15, 0.2) is 0 Å². The number of aliphatic hydroxyl groups is 2. The first-order valence-corrected chi connectivity index (χ1v) is 13.0. The van der Waals surface area contributed by atoms with Gasteiger partial charge in [0.05, 0.1) is 12.2 Å². The minimum atomic E-state index is -0.259. The van der Waals surface area contributed by atoms with Gasteiger partial charge < -0.3 is 14.9 Å². The summed E-state index contributed by atoms with van der Waals surface area (Å²) in [5.74, 6) is 3.38. The zero-order chi connectivity index (χ0) is 21.7. The van der Waals surface area contributed by atoms with Crippen LogP contribution in [-0.4, -0.2) is 34.3 Å². The molecule has 4 saturated carbocycles. The lowest BCUT2D eigenvalue weighted by atomic mass is 9.43. The van der Waals surface area contributed by atoms with Gasteiger partial charge in [-0.25, -0.2) is 0 Å². The van der Waals surface area contributed by atoms with E-state index >= 15 is 0 Å². The molecule has 0 saturated heterocycles. The van der Waals surface area contributed by atoms with Gasteiger partial charge in [-0.2, -0.15) is 0 Å². The number of hydrogen-bond donors (Lipinski definition) is 3. The Kier molecular flexibility index (Phi) is 6.56. The molecular weight excluding hydrogens is 396 g/mol. The molecule has 4 fully saturated rings. The molecule has 4 aliphatic carbocycles. The fourth-order valence-corrected chi connectivity index (χ4v) is 9.00. The van der Waals surface area contributed by atoms with Crippen molar-refractivity contribution < 1.29 is 19.7 Å². The third-order valence-corrected chi connectivity index (χ3v) is 10.7. The molecule has 5 heteroatoms. The molecule has 4 rings (SSSR count). The van der Waals surface area contributed by atoms with Crippen molar-refractivity contribution in [3.05, 3.63) is 0 Å². The van der Waals surface area contributed by atoms with Gasteiger partial charge in [0, 0.05) is 6.42 Å². The van der Waals surface area contributed by atoms with Crippen LogP contribution in [0.3, 0.4) is 0 Å². The number of carbonyl (C=O) groups is 1. The molecule has 0 heterocycles. The van der Waals surface area contributed by atoms with Crippen LogP contribution in [0.5, 0.6) is 0 Å². The van der Waals surface area contributed by atoms with Crippen LogP contribution in [0.4, 0.5) is 0 Å². The topological polar surface area (TPSA) is 66.8 Å². The largest absolute Gasteiger partial charge is 0.455 e. The summed E-state index contributed by atoms with van der Waals surface area (Å²) >= 11 is 3.98. The van der Waals surface area contributed by atoms with Gasteiger partial charge in [0.1, 0.15) is 5.94 Å². The smallest absolute Gasteiger partial charge is 0.306 e.